The van der Waals surface area contributed by atoms with Crippen LogP contribution in [0.5, 0.6) is 0 Å². The van der Waals surface area contributed by atoms with E-state index in [1.54, 1.807) is 0 Å². The number of carbonyl (C=O) groups excluding carboxylic acids is 2. The molecule has 0 N–H and O–H groups in total. The Hall–Kier alpha value is -0.860. The van der Waals surface area contributed by atoms with E-state index in [0.29, 0.717) is 29.5 Å². The van der Waals surface area contributed by atoms with Crippen LogP contribution in [0, 0.1) is 40.4 Å². The van der Waals surface area contributed by atoms with Crippen LogP contribution in [0.1, 0.15) is 90.9 Å². The molecule has 7 atom stereocenters. The van der Waals surface area contributed by atoms with E-state index in [0.717, 1.165) is 43.4 Å². The van der Waals surface area contributed by atoms with Gasteiger partial charge in [-0.25, -0.2) is 0 Å². The minimum atomic E-state index is -0.0763. The normalized spacial score (nSPS) is 46.3. The van der Waals surface area contributed by atoms with Crippen molar-refractivity contribution < 1.29 is 14.3 Å². The summed E-state index contributed by atoms with van der Waals surface area (Å²) >= 11 is 0. The van der Waals surface area contributed by atoms with Gasteiger partial charge in [0.1, 0.15) is 5.78 Å². The summed E-state index contributed by atoms with van der Waals surface area (Å²) in [6.45, 7) is 4.99. The predicted molar refractivity (Wildman–Crippen MR) is 106 cm³/mol. The van der Waals surface area contributed by atoms with Gasteiger partial charge in [-0.1, -0.05) is 26.7 Å². The van der Waals surface area contributed by atoms with Gasteiger partial charge in [-0.2, -0.15) is 0 Å². The number of methoxy groups -OCH3 is 1. The number of ether oxygens (including phenoxy) is 1. The van der Waals surface area contributed by atoms with Crippen LogP contribution in [-0.2, 0) is 14.3 Å². The largest absolute Gasteiger partial charge is 0.469 e. The Labute approximate surface area is 165 Å². The van der Waals surface area contributed by atoms with Gasteiger partial charge in [-0.15, -0.1) is 0 Å². The van der Waals surface area contributed by atoms with E-state index in [9.17, 15) is 9.59 Å². The molecule has 4 aliphatic carbocycles. The van der Waals surface area contributed by atoms with E-state index in [-0.39, 0.29) is 11.4 Å². The van der Waals surface area contributed by atoms with Crippen molar-refractivity contribution in [1.29, 1.82) is 0 Å². The topological polar surface area (TPSA) is 43.4 Å². The van der Waals surface area contributed by atoms with Crippen LogP contribution in [0.2, 0.25) is 0 Å². The van der Waals surface area contributed by atoms with Crippen LogP contribution in [0.4, 0.5) is 0 Å². The first-order chi connectivity index (χ1) is 12.9. The molecule has 4 fully saturated rings. The second-order valence-corrected chi connectivity index (χ2v) is 10.6. The molecule has 27 heavy (non-hydrogen) atoms. The van der Waals surface area contributed by atoms with Crippen molar-refractivity contribution in [2.45, 2.75) is 90.9 Å². The zero-order valence-electron chi connectivity index (χ0n) is 17.6. The monoisotopic (exact) mass is 374 g/mol. The highest BCUT2D eigenvalue weighted by molar-refractivity contribution is 5.83. The molecule has 3 nitrogen and oxygen atoms in total. The molecule has 0 amide bonds. The minimum Gasteiger partial charge on any atom is -0.469 e. The van der Waals surface area contributed by atoms with Crippen molar-refractivity contribution in [3.05, 3.63) is 0 Å². The lowest BCUT2D eigenvalue weighted by atomic mass is 9.44. The Balaban J connectivity index is 1.49. The summed E-state index contributed by atoms with van der Waals surface area (Å²) in [7, 11) is 1.48. The molecular weight excluding hydrogens is 336 g/mol. The summed E-state index contributed by atoms with van der Waals surface area (Å²) in [5.74, 6) is 3.72. The van der Waals surface area contributed by atoms with E-state index < -0.39 is 0 Å². The molecule has 4 aliphatic rings. The highest BCUT2D eigenvalue weighted by Crippen LogP contribution is 2.67. The maximum absolute atomic E-state index is 13.1. The van der Waals surface area contributed by atoms with E-state index in [1.165, 1.54) is 52.1 Å². The van der Waals surface area contributed by atoms with Crippen LogP contribution in [-0.4, -0.2) is 18.9 Å². The van der Waals surface area contributed by atoms with Gasteiger partial charge in [0.05, 0.1) is 7.11 Å². The molecule has 0 saturated heterocycles. The Morgan fingerprint density at radius 1 is 1.04 bits per heavy atom. The third-order valence-corrected chi connectivity index (χ3v) is 9.72. The number of hydrogen-bond acceptors (Lipinski definition) is 3. The number of ketones is 1. The number of carbonyl (C=O) groups is 2. The fourth-order valence-corrected chi connectivity index (χ4v) is 8.27. The zero-order valence-corrected chi connectivity index (χ0v) is 17.6. The molecule has 0 aromatic rings. The molecule has 0 aromatic heterocycles. The fourth-order valence-electron chi connectivity index (χ4n) is 8.27. The average molecular weight is 375 g/mol. The number of rotatable bonds is 4. The van der Waals surface area contributed by atoms with Crippen LogP contribution in [0.3, 0.4) is 0 Å². The van der Waals surface area contributed by atoms with E-state index in [2.05, 4.69) is 13.8 Å². The first kappa shape index (κ1) is 19.5. The lowest BCUT2D eigenvalue weighted by Gasteiger charge is -2.59. The molecule has 7 unspecified atom stereocenters. The maximum atomic E-state index is 13.1. The van der Waals surface area contributed by atoms with Crippen LogP contribution < -0.4 is 0 Å². The number of hydrogen-bond donors (Lipinski definition) is 0. The molecule has 3 heteroatoms. The summed E-state index contributed by atoms with van der Waals surface area (Å²) < 4.78 is 4.81. The van der Waals surface area contributed by atoms with Crippen LogP contribution in [0.15, 0.2) is 0 Å². The molecule has 0 radical (unpaired) electrons. The van der Waals surface area contributed by atoms with Crippen LogP contribution in [0.25, 0.3) is 0 Å². The highest BCUT2D eigenvalue weighted by Gasteiger charge is 2.61. The Bertz CT molecular complexity index is 598. The van der Waals surface area contributed by atoms with Gasteiger partial charge in [0.15, 0.2) is 0 Å². The molecule has 152 valence electrons. The van der Waals surface area contributed by atoms with Gasteiger partial charge >= 0.3 is 5.97 Å². The molecule has 0 spiro atoms. The Morgan fingerprint density at radius 2 is 1.81 bits per heavy atom. The number of fused-ring (bicyclic) bond motifs is 5. The Kier molecular flexibility index (Phi) is 5.18. The SMILES string of the molecule is COC(=O)CCCC1CCC2C3CC(=O)C4CCCCC4(C)C3CCC12C. The van der Waals surface area contributed by atoms with Crippen molar-refractivity contribution in [3.8, 4) is 0 Å². The summed E-state index contributed by atoms with van der Waals surface area (Å²) in [5, 5.41) is 0. The van der Waals surface area contributed by atoms with Gasteiger partial charge in [0.25, 0.3) is 0 Å². The molecule has 0 aliphatic heterocycles. The third-order valence-electron chi connectivity index (χ3n) is 9.72. The third kappa shape index (κ3) is 3.08. The average Bonchev–Trinajstić information content (AvgIpc) is 2.98. The first-order valence-electron chi connectivity index (χ1n) is 11.5. The second-order valence-electron chi connectivity index (χ2n) is 10.6. The van der Waals surface area contributed by atoms with E-state index >= 15 is 0 Å². The van der Waals surface area contributed by atoms with Crippen molar-refractivity contribution in [3.63, 3.8) is 0 Å². The van der Waals surface area contributed by atoms with Crippen LogP contribution >= 0.6 is 0 Å². The number of Topliss-reactive ketones (excluding diaryl/α,β-unsaturated/α-hetero) is 1. The molecule has 0 bridgehead atoms. The standard InChI is InChI=1S/C24H38O3/c1-23-14-12-19-17(15-21(25)20-8-4-5-13-24(19,20)2)18(23)11-10-16(23)7-6-9-22(26)27-3/h16-20H,4-15H2,1-3H3. The van der Waals surface area contributed by atoms with Crippen molar-refractivity contribution in [2.24, 2.45) is 40.4 Å². The molecule has 0 aromatic carbocycles. The number of esters is 1. The summed E-state index contributed by atoms with van der Waals surface area (Å²) in [4.78, 5) is 24.6. The first-order valence-corrected chi connectivity index (χ1v) is 11.5. The Morgan fingerprint density at radius 3 is 2.59 bits per heavy atom. The van der Waals surface area contributed by atoms with E-state index in [1.807, 2.05) is 0 Å². The fraction of sp³-hybridized carbons (Fsp3) is 0.917. The predicted octanol–water partition coefficient (Wildman–Crippen LogP) is 5.56. The lowest BCUT2D eigenvalue weighted by Crippen LogP contribution is -2.55. The summed E-state index contributed by atoms with van der Waals surface area (Å²) in [6.07, 6.45) is 13.8. The smallest absolute Gasteiger partial charge is 0.305 e. The molecule has 4 saturated carbocycles. The van der Waals surface area contributed by atoms with Crippen molar-refractivity contribution in [2.75, 3.05) is 7.11 Å². The van der Waals surface area contributed by atoms with Gasteiger partial charge in [-0.3, -0.25) is 9.59 Å². The molecular formula is C24H38O3. The van der Waals surface area contributed by atoms with Crippen molar-refractivity contribution >= 4 is 11.8 Å². The van der Waals surface area contributed by atoms with Crippen molar-refractivity contribution in [1.82, 2.24) is 0 Å². The zero-order chi connectivity index (χ0) is 19.2. The van der Waals surface area contributed by atoms with Gasteiger partial charge in [0, 0.05) is 18.8 Å². The quantitative estimate of drug-likeness (QED) is 0.605. The van der Waals surface area contributed by atoms with Gasteiger partial charge in [0.2, 0.25) is 0 Å². The molecule has 4 rings (SSSR count). The van der Waals surface area contributed by atoms with Gasteiger partial charge in [-0.05, 0) is 85.9 Å². The van der Waals surface area contributed by atoms with Gasteiger partial charge < -0.3 is 4.74 Å². The second kappa shape index (κ2) is 7.19. The highest BCUT2D eigenvalue weighted by atomic mass is 16.5. The minimum absolute atomic E-state index is 0.0763. The molecule has 0 heterocycles. The van der Waals surface area contributed by atoms with E-state index in [4.69, 9.17) is 4.74 Å². The lowest BCUT2D eigenvalue weighted by molar-refractivity contribution is -0.153. The maximum Gasteiger partial charge on any atom is 0.305 e. The summed E-state index contributed by atoms with van der Waals surface area (Å²) in [5.41, 5.74) is 0.665. The summed E-state index contributed by atoms with van der Waals surface area (Å²) in [6, 6.07) is 0.